The molecule has 0 heterocycles. The first-order chi connectivity index (χ1) is 7.24. The van der Waals surface area contributed by atoms with Crippen molar-refractivity contribution in [2.45, 2.75) is 50.7 Å². The molecule has 0 spiro atoms. The molecule has 0 aliphatic heterocycles. The van der Waals surface area contributed by atoms with Gasteiger partial charge in [0, 0.05) is 13.0 Å². The molecule has 15 heavy (non-hydrogen) atoms. The second kappa shape index (κ2) is 6.80. The maximum atomic E-state index is 11.5. The van der Waals surface area contributed by atoms with Gasteiger partial charge in [-0.1, -0.05) is 19.3 Å². The van der Waals surface area contributed by atoms with Crippen LogP contribution in [0, 0.1) is 0 Å². The zero-order chi connectivity index (χ0) is 11.1. The molecule has 1 aliphatic carbocycles. The smallest absolute Gasteiger partial charge is 0.221 e. The number of hydrogen-bond acceptors (Lipinski definition) is 3. The van der Waals surface area contributed by atoms with E-state index < -0.39 is 0 Å². The minimum Gasteiger partial charge on any atom is -0.391 e. The lowest BCUT2D eigenvalue weighted by Gasteiger charge is -2.21. The summed E-state index contributed by atoms with van der Waals surface area (Å²) in [6.07, 6.45) is 5.20. The van der Waals surface area contributed by atoms with Crippen molar-refractivity contribution in [3.8, 4) is 0 Å². The minimum atomic E-state index is -0.356. The molecule has 88 valence electrons. The zero-order valence-electron chi connectivity index (χ0n) is 9.46. The Hall–Kier alpha value is -0.610. The Morgan fingerprint density at radius 3 is 2.80 bits per heavy atom. The van der Waals surface area contributed by atoms with E-state index in [4.69, 9.17) is 0 Å². The molecule has 3 N–H and O–H groups in total. The molecular weight excluding hydrogens is 192 g/mol. The Morgan fingerprint density at radius 1 is 1.33 bits per heavy atom. The van der Waals surface area contributed by atoms with Gasteiger partial charge in [-0.3, -0.25) is 4.79 Å². The summed E-state index contributed by atoms with van der Waals surface area (Å²) in [4.78, 5) is 11.5. The van der Waals surface area contributed by atoms with Crippen molar-refractivity contribution in [2.75, 3.05) is 13.6 Å². The minimum absolute atomic E-state index is 0.0307. The first-order valence-corrected chi connectivity index (χ1v) is 5.86. The highest BCUT2D eigenvalue weighted by Gasteiger charge is 2.22. The predicted molar refractivity (Wildman–Crippen MR) is 59.6 cm³/mol. The third-order valence-corrected chi connectivity index (χ3v) is 2.93. The molecule has 2 atom stereocenters. The number of carbonyl (C=O) groups excluding carboxylic acids is 1. The van der Waals surface area contributed by atoms with Crippen LogP contribution < -0.4 is 10.6 Å². The van der Waals surface area contributed by atoms with Gasteiger partial charge in [0.25, 0.3) is 0 Å². The largest absolute Gasteiger partial charge is 0.391 e. The SMILES string of the molecule is CNCCC(=O)NC1CCCCCC1O. The van der Waals surface area contributed by atoms with Gasteiger partial charge in [0.05, 0.1) is 12.1 Å². The van der Waals surface area contributed by atoms with Crippen molar-refractivity contribution in [1.82, 2.24) is 10.6 Å². The van der Waals surface area contributed by atoms with Gasteiger partial charge in [-0.15, -0.1) is 0 Å². The van der Waals surface area contributed by atoms with Crippen LogP contribution in [0.25, 0.3) is 0 Å². The molecular formula is C11H22N2O2. The van der Waals surface area contributed by atoms with Crippen molar-refractivity contribution in [2.24, 2.45) is 0 Å². The van der Waals surface area contributed by atoms with Gasteiger partial charge in [0.15, 0.2) is 0 Å². The summed E-state index contributed by atoms with van der Waals surface area (Å²) in [6.45, 7) is 0.689. The highest BCUT2D eigenvalue weighted by molar-refractivity contribution is 5.76. The van der Waals surface area contributed by atoms with E-state index in [-0.39, 0.29) is 18.1 Å². The Morgan fingerprint density at radius 2 is 2.07 bits per heavy atom. The van der Waals surface area contributed by atoms with E-state index in [0.717, 1.165) is 25.7 Å². The molecule has 2 unspecified atom stereocenters. The number of aliphatic hydroxyl groups excluding tert-OH is 1. The van der Waals surface area contributed by atoms with E-state index in [1.807, 2.05) is 7.05 Å². The van der Waals surface area contributed by atoms with Crippen LogP contribution in [0.15, 0.2) is 0 Å². The lowest BCUT2D eigenvalue weighted by Crippen LogP contribution is -2.43. The summed E-state index contributed by atoms with van der Waals surface area (Å²) in [5.74, 6) is 0.0373. The van der Waals surface area contributed by atoms with E-state index in [9.17, 15) is 9.90 Å². The Bertz CT molecular complexity index is 197. The predicted octanol–water partition coefficient (Wildman–Crippen LogP) is 0.406. The van der Waals surface area contributed by atoms with Crippen molar-refractivity contribution >= 4 is 5.91 Å². The molecule has 1 rings (SSSR count). The quantitative estimate of drug-likeness (QED) is 0.594. The molecule has 0 aromatic rings. The summed E-state index contributed by atoms with van der Waals surface area (Å²) < 4.78 is 0. The standard InChI is InChI=1S/C11H22N2O2/c1-12-8-7-11(15)13-9-5-3-2-4-6-10(9)14/h9-10,12,14H,2-8H2,1H3,(H,13,15). The normalized spacial score (nSPS) is 27.1. The van der Waals surface area contributed by atoms with Gasteiger partial charge >= 0.3 is 0 Å². The van der Waals surface area contributed by atoms with Gasteiger partial charge in [-0.2, -0.15) is 0 Å². The summed E-state index contributed by atoms with van der Waals surface area (Å²) in [7, 11) is 1.83. The van der Waals surface area contributed by atoms with Gasteiger partial charge in [0.2, 0.25) is 5.91 Å². The summed E-state index contributed by atoms with van der Waals surface area (Å²) >= 11 is 0. The number of hydrogen-bond donors (Lipinski definition) is 3. The molecule has 1 saturated carbocycles. The molecule has 0 saturated heterocycles. The molecule has 0 aromatic heterocycles. The molecule has 0 bridgehead atoms. The van der Waals surface area contributed by atoms with E-state index in [1.165, 1.54) is 6.42 Å². The lowest BCUT2D eigenvalue weighted by atomic mass is 10.1. The van der Waals surface area contributed by atoms with E-state index in [1.54, 1.807) is 0 Å². The van der Waals surface area contributed by atoms with Crippen LogP contribution in [0.2, 0.25) is 0 Å². The summed E-state index contributed by atoms with van der Waals surface area (Å²) in [5, 5.41) is 15.6. The molecule has 0 radical (unpaired) electrons. The monoisotopic (exact) mass is 214 g/mol. The van der Waals surface area contributed by atoms with Crippen LogP contribution in [0.5, 0.6) is 0 Å². The molecule has 1 fully saturated rings. The number of nitrogens with one attached hydrogen (secondary N) is 2. The van der Waals surface area contributed by atoms with Crippen molar-refractivity contribution in [3.05, 3.63) is 0 Å². The third-order valence-electron chi connectivity index (χ3n) is 2.93. The van der Waals surface area contributed by atoms with Crippen LogP contribution in [-0.4, -0.2) is 36.8 Å². The van der Waals surface area contributed by atoms with Gasteiger partial charge in [0.1, 0.15) is 0 Å². The van der Waals surface area contributed by atoms with E-state index in [2.05, 4.69) is 10.6 Å². The number of aliphatic hydroxyl groups is 1. The molecule has 1 aliphatic rings. The van der Waals surface area contributed by atoms with Crippen LogP contribution in [0.4, 0.5) is 0 Å². The molecule has 4 heteroatoms. The van der Waals surface area contributed by atoms with Crippen LogP contribution in [0.3, 0.4) is 0 Å². The Balaban J connectivity index is 2.30. The Kier molecular flexibility index (Phi) is 5.65. The Labute approximate surface area is 91.4 Å². The number of rotatable bonds is 4. The lowest BCUT2D eigenvalue weighted by molar-refractivity contribution is -0.122. The second-order valence-corrected chi connectivity index (χ2v) is 4.23. The summed E-state index contributed by atoms with van der Waals surface area (Å²) in [5.41, 5.74) is 0. The number of carbonyl (C=O) groups is 1. The average Bonchev–Trinajstić information content (AvgIpc) is 2.42. The van der Waals surface area contributed by atoms with Crippen LogP contribution >= 0.6 is 0 Å². The topological polar surface area (TPSA) is 61.4 Å². The van der Waals surface area contributed by atoms with Crippen LogP contribution in [0.1, 0.15) is 38.5 Å². The maximum absolute atomic E-state index is 11.5. The van der Waals surface area contributed by atoms with Crippen molar-refractivity contribution in [1.29, 1.82) is 0 Å². The highest BCUT2D eigenvalue weighted by atomic mass is 16.3. The first-order valence-electron chi connectivity index (χ1n) is 5.86. The fourth-order valence-electron chi connectivity index (χ4n) is 1.97. The van der Waals surface area contributed by atoms with Gasteiger partial charge < -0.3 is 15.7 Å². The van der Waals surface area contributed by atoms with Gasteiger partial charge in [-0.05, 0) is 19.9 Å². The molecule has 4 nitrogen and oxygen atoms in total. The molecule has 0 aromatic carbocycles. The fourth-order valence-corrected chi connectivity index (χ4v) is 1.97. The second-order valence-electron chi connectivity index (χ2n) is 4.23. The highest BCUT2D eigenvalue weighted by Crippen LogP contribution is 2.17. The van der Waals surface area contributed by atoms with Crippen molar-refractivity contribution in [3.63, 3.8) is 0 Å². The zero-order valence-corrected chi connectivity index (χ0v) is 9.46. The van der Waals surface area contributed by atoms with E-state index >= 15 is 0 Å². The van der Waals surface area contributed by atoms with Crippen LogP contribution in [-0.2, 0) is 4.79 Å². The third kappa shape index (κ3) is 4.62. The van der Waals surface area contributed by atoms with E-state index in [0.29, 0.717) is 13.0 Å². The summed E-state index contributed by atoms with van der Waals surface area (Å²) in [6, 6.07) is -0.0307. The maximum Gasteiger partial charge on any atom is 0.221 e. The van der Waals surface area contributed by atoms with Gasteiger partial charge in [-0.25, -0.2) is 0 Å². The fraction of sp³-hybridized carbons (Fsp3) is 0.909. The number of amides is 1. The first kappa shape index (κ1) is 12.5. The molecule has 1 amide bonds. The van der Waals surface area contributed by atoms with Crippen molar-refractivity contribution < 1.29 is 9.90 Å². The average molecular weight is 214 g/mol.